The number of aliphatic hydroxyl groups excluding tert-OH is 1. The van der Waals surface area contributed by atoms with Crippen molar-refractivity contribution in [2.75, 3.05) is 31.1 Å². The SMILES string of the molecule is C[C@@H](O)C1C(=O)N2C(C(=O)O)=C(SC3CN(c4nc(C(=O)NC5CCNC5)co4)C3)[C@H](C)C12. The van der Waals surface area contributed by atoms with E-state index in [0.717, 1.165) is 19.5 Å². The molecule has 178 valence electrons. The molecule has 33 heavy (non-hydrogen) atoms. The quantitative estimate of drug-likeness (QED) is 0.391. The van der Waals surface area contributed by atoms with Gasteiger partial charge in [0, 0.05) is 41.7 Å². The van der Waals surface area contributed by atoms with Crippen molar-refractivity contribution in [2.45, 2.75) is 43.7 Å². The molecule has 12 heteroatoms. The zero-order valence-corrected chi connectivity index (χ0v) is 19.2. The molecule has 0 radical (unpaired) electrons. The van der Waals surface area contributed by atoms with Gasteiger partial charge < -0.3 is 35.1 Å². The number of aliphatic hydroxyl groups is 1. The molecule has 2 amide bonds. The number of nitrogens with zero attached hydrogens (tertiary/aromatic N) is 3. The van der Waals surface area contributed by atoms with Gasteiger partial charge in [0.25, 0.3) is 11.9 Å². The summed E-state index contributed by atoms with van der Waals surface area (Å²) in [6.45, 7) is 6.27. The summed E-state index contributed by atoms with van der Waals surface area (Å²) in [5.41, 5.74) is 0.273. The highest BCUT2D eigenvalue weighted by Gasteiger charge is 2.60. The number of carbonyl (C=O) groups excluding carboxylic acids is 2. The molecule has 0 bridgehead atoms. The molecule has 1 aromatic heterocycles. The Bertz CT molecular complexity index is 1010. The summed E-state index contributed by atoms with van der Waals surface area (Å²) < 4.78 is 5.49. The molecule has 0 aliphatic carbocycles. The summed E-state index contributed by atoms with van der Waals surface area (Å²) >= 11 is 1.46. The van der Waals surface area contributed by atoms with Crippen molar-refractivity contribution in [3.8, 4) is 0 Å². The molecule has 0 saturated carbocycles. The summed E-state index contributed by atoms with van der Waals surface area (Å²) in [5, 5.41) is 25.9. The molecule has 3 fully saturated rings. The van der Waals surface area contributed by atoms with Crippen LogP contribution in [0.5, 0.6) is 0 Å². The van der Waals surface area contributed by atoms with E-state index in [-0.39, 0.29) is 46.5 Å². The number of carboxylic acid groups (broad SMARTS) is 1. The topological polar surface area (TPSA) is 148 Å². The minimum Gasteiger partial charge on any atom is -0.477 e. The number of β-lactam (4-membered cyclic amide) rings is 1. The van der Waals surface area contributed by atoms with Crippen molar-refractivity contribution < 1.29 is 29.0 Å². The van der Waals surface area contributed by atoms with E-state index in [4.69, 9.17) is 4.42 Å². The number of anilines is 1. The normalized spacial score (nSPS) is 30.2. The lowest BCUT2D eigenvalue weighted by atomic mass is 9.79. The number of aliphatic carboxylic acids is 1. The van der Waals surface area contributed by atoms with Crippen molar-refractivity contribution >= 4 is 35.6 Å². The van der Waals surface area contributed by atoms with E-state index < -0.39 is 18.0 Å². The zero-order valence-electron chi connectivity index (χ0n) is 18.4. The third-order valence-corrected chi connectivity index (χ3v) is 8.29. The minimum absolute atomic E-state index is 0.0364. The Morgan fingerprint density at radius 3 is 2.79 bits per heavy atom. The summed E-state index contributed by atoms with van der Waals surface area (Å²) in [5.74, 6) is -2.44. The fraction of sp³-hybridized carbons (Fsp3) is 0.619. The van der Waals surface area contributed by atoms with Crippen LogP contribution in [0.25, 0.3) is 0 Å². The Morgan fingerprint density at radius 2 is 2.15 bits per heavy atom. The van der Waals surface area contributed by atoms with Gasteiger partial charge in [-0.2, -0.15) is 4.98 Å². The number of oxazole rings is 1. The summed E-state index contributed by atoms with van der Waals surface area (Å²) in [4.78, 5) is 44.9. The first-order valence-corrected chi connectivity index (χ1v) is 12.0. The van der Waals surface area contributed by atoms with Crippen molar-refractivity contribution in [3.05, 3.63) is 22.6 Å². The van der Waals surface area contributed by atoms with Gasteiger partial charge in [0.2, 0.25) is 5.91 Å². The Hall–Kier alpha value is -2.57. The van der Waals surface area contributed by atoms with E-state index in [1.807, 2.05) is 11.8 Å². The third kappa shape index (κ3) is 3.69. The lowest BCUT2D eigenvalue weighted by Gasteiger charge is -2.46. The number of carbonyl (C=O) groups is 3. The van der Waals surface area contributed by atoms with E-state index in [0.29, 0.717) is 24.0 Å². The summed E-state index contributed by atoms with van der Waals surface area (Å²) in [6.07, 6.45) is 1.42. The Labute approximate surface area is 194 Å². The molecule has 5 atom stereocenters. The predicted octanol–water partition coefficient (Wildman–Crippen LogP) is -0.158. The van der Waals surface area contributed by atoms with Crippen LogP contribution in [-0.4, -0.2) is 87.5 Å². The molecule has 3 saturated heterocycles. The van der Waals surface area contributed by atoms with Crippen LogP contribution in [-0.2, 0) is 9.59 Å². The molecular weight excluding hydrogens is 450 g/mol. The fourth-order valence-corrected chi connectivity index (χ4v) is 6.60. The van der Waals surface area contributed by atoms with Gasteiger partial charge in [-0.15, -0.1) is 11.8 Å². The number of thioether (sulfide) groups is 1. The molecule has 5 heterocycles. The average Bonchev–Trinajstić information content (AvgIpc) is 3.44. The van der Waals surface area contributed by atoms with Crippen LogP contribution in [0.2, 0.25) is 0 Å². The maximum atomic E-state index is 12.5. The van der Waals surface area contributed by atoms with Crippen molar-refractivity contribution in [3.63, 3.8) is 0 Å². The number of hydrogen-bond donors (Lipinski definition) is 4. The first kappa shape index (κ1) is 22.2. The van der Waals surface area contributed by atoms with Gasteiger partial charge in [-0.3, -0.25) is 9.59 Å². The number of carboxylic acids is 1. The molecule has 4 N–H and O–H groups in total. The van der Waals surface area contributed by atoms with E-state index in [1.54, 1.807) is 6.92 Å². The highest BCUT2D eigenvalue weighted by atomic mass is 32.2. The third-order valence-electron chi connectivity index (χ3n) is 6.84. The Balaban J connectivity index is 1.21. The second-order valence-electron chi connectivity index (χ2n) is 9.10. The number of amides is 2. The molecular formula is C21H27N5O6S. The monoisotopic (exact) mass is 477 g/mol. The van der Waals surface area contributed by atoms with Crippen molar-refractivity contribution in [2.24, 2.45) is 11.8 Å². The molecule has 5 rings (SSSR count). The molecule has 0 spiro atoms. The van der Waals surface area contributed by atoms with Crippen molar-refractivity contribution in [1.29, 1.82) is 0 Å². The highest BCUT2D eigenvalue weighted by Crippen LogP contribution is 2.52. The molecule has 3 unspecified atom stereocenters. The van der Waals surface area contributed by atoms with Gasteiger partial charge in [0.15, 0.2) is 5.69 Å². The first-order chi connectivity index (χ1) is 15.8. The number of fused-ring (bicyclic) bond motifs is 1. The minimum atomic E-state index is -1.12. The highest BCUT2D eigenvalue weighted by molar-refractivity contribution is 8.03. The van der Waals surface area contributed by atoms with Crippen LogP contribution in [0.15, 0.2) is 21.3 Å². The van der Waals surface area contributed by atoms with Crippen LogP contribution in [0.1, 0.15) is 30.8 Å². The van der Waals surface area contributed by atoms with Crippen LogP contribution in [0.3, 0.4) is 0 Å². The van der Waals surface area contributed by atoms with Crippen LogP contribution >= 0.6 is 11.8 Å². The molecule has 11 nitrogen and oxygen atoms in total. The lowest BCUT2D eigenvalue weighted by molar-refractivity contribution is -0.163. The Kier molecular flexibility index (Phi) is 5.61. The van der Waals surface area contributed by atoms with Gasteiger partial charge in [-0.25, -0.2) is 4.79 Å². The first-order valence-electron chi connectivity index (χ1n) is 11.1. The van der Waals surface area contributed by atoms with E-state index in [2.05, 4.69) is 15.6 Å². The van der Waals surface area contributed by atoms with Gasteiger partial charge >= 0.3 is 5.97 Å². The van der Waals surface area contributed by atoms with E-state index in [1.165, 1.54) is 22.9 Å². The van der Waals surface area contributed by atoms with Gasteiger partial charge in [0.1, 0.15) is 12.0 Å². The number of rotatable bonds is 7. The fourth-order valence-electron chi connectivity index (χ4n) is 5.08. The molecule has 4 aliphatic rings. The lowest BCUT2D eigenvalue weighted by Crippen LogP contribution is -2.63. The van der Waals surface area contributed by atoms with Gasteiger partial charge in [-0.05, 0) is 19.9 Å². The Morgan fingerprint density at radius 1 is 1.39 bits per heavy atom. The largest absolute Gasteiger partial charge is 0.477 e. The second kappa shape index (κ2) is 8.33. The average molecular weight is 478 g/mol. The predicted molar refractivity (Wildman–Crippen MR) is 118 cm³/mol. The molecule has 4 aliphatic heterocycles. The van der Waals surface area contributed by atoms with E-state index >= 15 is 0 Å². The van der Waals surface area contributed by atoms with Crippen molar-refractivity contribution in [1.82, 2.24) is 20.5 Å². The molecule has 0 aromatic carbocycles. The van der Waals surface area contributed by atoms with Gasteiger partial charge in [0.05, 0.1) is 18.1 Å². The van der Waals surface area contributed by atoms with Crippen LogP contribution in [0, 0.1) is 11.8 Å². The zero-order chi connectivity index (χ0) is 23.4. The second-order valence-corrected chi connectivity index (χ2v) is 10.4. The maximum Gasteiger partial charge on any atom is 0.353 e. The summed E-state index contributed by atoms with van der Waals surface area (Å²) in [7, 11) is 0. The smallest absolute Gasteiger partial charge is 0.353 e. The maximum absolute atomic E-state index is 12.5. The van der Waals surface area contributed by atoms with E-state index in [9.17, 15) is 24.6 Å². The van der Waals surface area contributed by atoms with Gasteiger partial charge in [-0.1, -0.05) is 6.92 Å². The summed E-state index contributed by atoms with van der Waals surface area (Å²) in [6, 6.07) is 0.144. The van der Waals surface area contributed by atoms with Crippen LogP contribution in [0.4, 0.5) is 6.01 Å². The molecule has 1 aromatic rings. The van der Waals surface area contributed by atoms with Crippen LogP contribution < -0.4 is 15.5 Å². The number of nitrogens with one attached hydrogen (secondary N) is 2. The number of aromatic nitrogens is 1. The number of hydrogen-bond acceptors (Lipinski definition) is 9. The standard InChI is InChI=1S/C21H27N5O6S/c1-9-15-14(10(2)27)19(29)26(15)16(20(30)31)17(9)33-12-6-25(7-12)21-24-13(8-32-21)18(28)23-11-3-4-22-5-11/h8-12,14-15,22,27H,3-7H2,1-2H3,(H,23,28)(H,30,31)/t9-,10-,11?,14?,15?/m1/s1.